The fourth-order valence-corrected chi connectivity index (χ4v) is 2.83. The fraction of sp³-hybridized carbons (Fsp3) is 0.533. The lowest BCUT2D eigenvalue weighted by atomic mass is 10.0. The summed E-state index contributed by atoms with van der Waals surface area (Å²) < 4.78 is 0. The Bertz CT molecular complexity index is 522. The van der Waals surface area contributed by atoms with E-state index in [1.165, 1.54) is 25.3 Å². The van der Waals surface area contributed by atoms with E-state index in [1.807, 2.05) is 0 Å². The maximum absolute atomic E-state index is 11.4. The monoisotopic (exact) mass is 292 g/mol. The van der Waals surface area contributed by atoms with E-state index < -0.39 is 10.9 Å². The molecule has 0 aromatic heterocycles. The van der Waals surface area contributed by atoms with Crippen LogP contribution in [0.1, 0.15) is 48.0 Å². The first-order valence-electron chi connectivity index (χ1n) is 7.31. The second-order valence-corrected chi connectivity index (χ2v) is 5.42. The first-order valence-corrected chi connectivity index (χ1v) is 7.31. The molecule has 0 spiro atoms. The number of hydrogen-bond acceptors (Lipinski definition) is 4. The first-order chi connectivity index (χ1) is 10.1. The van der Waals surface area contributed by atoms with Gasteiger partial charge in [0, 0.05) is 12.6 Å². The Morgan fingerprint density at radius 1 is 1.19 bits per heavy atom. The highest BCUT2D eigenvalue weighted by molar-refractivity contribution is 5.94. The molecule has 0 saturated carbocycles. The summed E-state index contributed by atoms with van der Waals surface area (Å²) in [5.74, 6) is -1.23. The summed E-state index contributed by atoms with van der Waals surface area (Å²) in [4.78, 5) is 24.0. The maximum Gasteiger partial charge on any atom is 0.343 e. The normalized spacial score (nSPS) is 17.0. The van der Waals surface area contributed by atoms with Crippen LogP contribution < -0.4 is 0 Å². The van der Waals surface area contributed by atoms with Gasteiger partial charge in [-0.15, -0.1) is 0 Å². The summed E-state index contributed by atoms with van der Waals surface area (Å²) in [6, 6.07) is 4.49. The van der Waals surface area contributed by atoms with E-state index in [1.54, 1.807) is 12.1 Å². The molecule has 6 heteroatoms. The molecule has 0 aliphatic carbocycles. The Hall–Kier alpha value is -1.95. The third-order valence-electron chi connectivity index (χ3n) is 3.88. The van der Waals surface area contributed by atoms with Crippen LogP contribution in [0.25, 0.3) is 0 Å². The highest BCUT2D eigenvalue weighted by Crippen LogP contribution is 2.24. The molecule has 0 bridgehead atoms. The van der Waals surface area contributed by atoms with E-state index in [2.05, 4.69) is 4.90 Å². The summed E-state index contributed by atoms with van der Waals surface area (Å²) in [5, 5.41) is 20.3. The minimum atomic E-state index is -1.23. The van der Waals surface area contributed by atoms with Crippen LogP contribution >= 0.6 is 0 Å². The van der Waals surface area contributed by atoms with Crippen LogP contribution in [0, 0.1) is 10.1 Å². The van der Waals surface area contributed by atoms with Crippen molar-refractivity contribution in [1.82, 2.24) is 4.90 Å². The van der Waals surface area contributed by atoms with Gasteiger partial charge < -0.3 is 5.11 Å². The summed E-state index contributed by atoms with van der Waals surface area (Å²) in [5.41, 5.74) is 0.0221. The van der Waals surface area contributed by atoms with Crippen molar-refractivity contribution < 1.29 is 14.8 Å². The average Bonchev–Trinajstić information content (AvgIpc) is 2.41. The van der Waals surface area contributed by atoms with Gasteiger partial charge in [0.15, 0.2) is 0 Å². The van der Waals surface area contributed by atoms with Crippen molar-refractivity contribution >= 4 is 11.7 Å². The van der Waals surface area contributed by atoms with Gasteiger partial charge in [0.05, 0.1) is 4.92 Å². The number of carboxylic acids is 1. The maximum atomic E-state index is 11.4. The molecule has 2 rings (SSSR count). The van der Waals surface area contributed by atoms with Crippen molar-refractivity contribution in [3.8, 4) is 0 Å². The van der Waals surface area contributed by atoms with Crippen molar-refractivity contribution in [2.75, 3.05) is 13.1 Å². The Balaban J connectivity index is 2.23. The van der Waals surface area contributed by atoms with E-state index in [-0.39, 0.29) is 11.3 Å². The Morgan fingerprint density at radius 2 is 1.81 bits per heavy atom. The molecule has 1 aliphatic heterocycles. The van der Waals surface area contributed by atoms with Gasteiger partial charge in [-0.05, 0) is 31.5 Å². The number of nitro benzene ring substituents is 1. The number of likely N-dealkylation sites (tertiary alicyclic amines) is 1. The van der Waals surface area contributed by atoms with Crippen LogP contribution in [0.4, 0.5) is 5.69 Å². The summed E-state index contributed by atoms with van der Waals surface area (Å²) in [6.45, 7) is 2.30. The molecule has 6 nitrogen and oxygen atoms in total. The molecule has 114 valence electrons. The molecule has 1 N–H and O–H groups in total. The first kappa shape index (κ1) is 15.4. The molecule has 1 aromatic carbocycles. The molecular formula is C15H20N2O4. The minimum absolute atomic E-state index is 0.176. The zero-order valence-electron chi connectivity index (χ0n) is 12.0. The Labute approximate surface area is 123 Å². The number of carboxylic acid groups (broad SMARTS) is 1. The molecule has 1 aliphatic rings. The van der Waals surface area contributed by atoms with Gasteiger partial charge in [0.25, 0.3) is 5.69 Å². The SMILES string of the molecule is O=C(O)c1c(CN2CCCCCCC2)cccc1[N+](=O)[O-]. The molecule has 0 unspecified atom stereocenters. The molecule has 1 saturated heterocycles. The molecule has 0 amide bonds. The zero-order valence-corrected chi connectivity index (χ0v) is 12.0. The zero-order chi connectivity index (χ0) is 15.2. The quantitative estimate of drug-likeness (QED) is 0.681. The third kappa shape index (κ3) is 4.01. The third-order valence-corrected chi connectivity index (χ3v) is 3.88. The summed E-state index contributed by atoms with van der Waals surface area (Å²) >= 11 is 0. The van der Waals surface area contributed by atoms with Crippen LogP contribution in [0.5, 0.6) is 0 Å². The topological polar surface area (TPSA) is 83.7 Å². The van der Waals surface area contributed by atoms with E-state index in [4.69, 9.17) is 0 Å². The number of benzene rings is 1. The minimum Gasteiger partial charge on any atom is -0.477 e. The largest absolute Gasteiger partial charge is 0.477 e. The highest BCUT2D eigenvalue weighted by atomic mass is 16.6. The van der Waals surface area contributed by atoms with Gasteiger partial charge in [-0.3, -0.25) is 15.0 Å². The van der Waals surface area contributed by atoms with Crippen molar-refractivity contribution in [2.24, 2.45) is 0 Å². The lowest BCUT2D eigenvalue weighted by Crippen LogP contribution is -2.27. The van der Waals surface area contributed by atoms with Crippen LogP contribution in [-0.2, 0) is 6.54 Å². The van der Waals surface area contributed by atoms with Crippen molar-refractivity contribution in [3.63, 3.8) is 0 Å². The molecule has 0 radical (unpaired) electrons. The molecule has 0 atom stereocenters. The second kappa shape index (κ2) is 7.17. The Kier molecular flexibility index (Phi) is 5.27. The van der Waals surface area contributed by atoms with Crippen molar-refractivity contribution in [1.29, 1.82) is 0 Å². The van der Waals surface area contributed by atoms with Gasteiger partial charge in [-0.2, -0.15) is 0 Å². The van der Waals surface area contributed by atoms with Gasteiger partial charge in [-0.1, -0.05) is 31.4 Å². The number of nitro groups is 1. The number of rotatable bonds is 4. The predicted octanol–water partition coefficient (Wildman–Crippen LogP) is 3.06. The molecule has 21 heavy (non-hydrogen) atoms. The number of nitrogens with zero attached hydrogens (tertiary/aromatic N) is 2. The molecule has 1 aromatic rings. The van der Waals surface area contributed by atoms with Gasteiger partial charge >= 0.3 is 5.97 Å². The fourth-order valence-electron chi connectivity index (χ4n) is 2.83. The number of carbonyl (C=O) groups is 1. The van der Waals surface area contributed by atoms with Gasteiger partial charge in [-0.25, -0.2) is 4.79 Å². The van der Waals surface area contributed by atoms with Crippen molar-refractivity contribution in [3.05, 3.63) is 39.4 Å². The van der Waals surface area contributed by atoms with Crippen molar-refractivity contribution in [2.45, 2.75) is 38.6 Å². The smallest absolute Gasteiger partial charge is 0.343 e. The van der Waals surface area contributed by atoms with Gasteiger partial charge in [0.2, 0.25) is 0 Å². The lowest BCUT2D eigenvalue weighted by molar-refractivity contribution is -0.385. The molecule has 1 heterocycles. The van der Waals surface area contributed by atoms with E-state index >= 15 is 0 Å². The number of hydrogen-bond donors (Lipinski definition) is 1. The second-order valence-electron chi connectivity index (χ2n) is 5.42. The standard InChI is InChI=1S/C15H20N2O4/c18-15(19)14-12(7-6-8-13(14)17(20)21)11-16-9-4-2-1-3-5-10-16/h6-8H,1-5,9-11H2,(H,18,19). The number of aromatic carboxylic acids is 1. The van der Waals surface area contributed by atoms with Crippen LogP contribution in [0.2, 0.25) is 0 Å². The van der Waals surface area contributed by atoms with E-state index in [9.17, 15) is 20.0 Å². The van der Waals surface area contributed by atoms with E-state index in [0.29, 0.717) is 12.1 Å². The van der Waals surface area contributed by atoms with E-state index in [0.717, 1.165) is 25.9 Å². The van der Waals surface area contributed by atoms with Crippen LogP contribution in [0.15, 0.2) is 18.2 Å². The molecule has 1 fully saturated rings. The lowest BCUT2D eigenvalue weighted by Gasteiger charge is -2.25. The summed E-state index contributed by atoms with van der Waals surface area (Å²) in [6.07, 6.45) is 5.83. The van der Waals surface area contributed by atoms with Crippen LogP contribution in [0.3, 0.4) is 0 Å². The average molecular weight is 292 g/mol. The Morgan fingerprint density at radius 3 is 2.38 bits per heavy atom. The molecular weight excluding hydrogens is 272 g/mol. The highest BCUT2D eigenvalue weighted by Gasteiger charge is 2.24. The van der Waals surface area contributed by atoms with Gasteiger partial charge in [0.1, 0.15) is 5.56 Å². The predicted molar refractivity (Wildman–Crippen MR) is 78.4 cm³/mol. The summed E-state index contributed by atoms with van der Waals surface area (Å²) in [7, 11) is 0. The van der Waals surface area contributed by atoms with Crippen LogP contribution in [-0.4, -0.2) is 34.0 Å².